The van der Waals surface area contributed by atoms with Crippen molar-refractivity contribution in [3.05, 3.63) is 56.6 Å². The van der Waals surface area contributed by atoms with E-state index in [1.54, 1.807) is 22.2 Å². The van der Waals surface area contributed by atoms with Crippen LogP contribution in [0.1, 0.15) is 14.5 Å². The first-order valence-electron chi connectivity index (χ1n) is 6.43. The van der Waals surface area contributed by atoms with Gasteiger partial charge in [-0.15, -0.1) is 11.3 Å². The molecule has 2 aromatic heterocycles. The molecule has 0 bridgehead atoms. The molecule has 0 saturated carbocycles. The van der Waals surface area contributed by atoms with E-state index >= 15 is 0 Å². The average Bonchev–Trinajstić information content (AvgIpc) is 3.07. The monoisotopic (exact) mass is 302 g/mol. The van der Waals surface area contributed by atoms with Gasteiger partial charge in [0.1, 0.15) is 4.88 Å². The van der Waals surface area contributed by atoms with Gasteiger partial charge in [0.15, 0.2) is 0 Å². The summed E-state index contributed by atoms with van der Waals surface area (Å²) in [5.41, 5.74) is 1.72. The molecule has 0 saturated heterocycles. The van der Waals surface area contributed by atoms with Crippen LogP contribution in [-0.2, 0) is 18.3 Å². The molecule has 0 atom stereocenters. The van der Waals surface area contributed by atoms with E-state index in [-0.39, 0.29) is 11.7 Å². The molecule has 3 rings (SSSR count). The lowest BCUT2D eigenvalue weighted by molar-refractivity contribution is 0.0606. The quantitative estimate of drug-likeness (QED) is 0.697. The van der Waals surface area contributed by atoms with Gasteiger partial charge < -0.3 is 4.74 Å². The van der Waals surface area contributed by atoms with E-state index in [0.717, 1.165) is 15.9 Å². The van der Waals surface area contributed by atoms with E-state index in [9.17, 15) is 9.59 Å². The zero-order valence-corrected chi connectivity index (χ0v) is 12.5. The van der Waals surface area contributed by atoms with Crippen molar-refractivity contribution >= 4 is 28.3 Å². The number of fused-ring (bicyclic) bond motifs is 1. The lowest BCUT2D eigenvalue weighted by Crippen LogP contribution is -2.22. The molecule has 0 fully saturated rings. The van der Waals surface area contributed by atoms with Gasteiger partial charge in [0, 0.05) is 11.9 Å². The number of para-hydroxylation sites is 2. The summed E-state index contributed by atoms with van der Waals surface area (Å²) in [6.07, 6.45) is 0. The molecule has 0 aliphatic carbocycles. The molecule has 1 aromatic carbocycles. The summed E-state index contributed by atoms with van der Waals surface area (Å²) in [6.45, 7) is 0.446. The minimum atomic E-state index is -0.350. The Morgan fingerprint density at radius 1 is 1.19 bits per heavy atom. The van der Waals surface area contributed by atoms with Crippen LogP contribution in [0.5, 0.6) is 0 Å². The fourth-order valence-electron chi connectivity index (χ4n) is 2.35. The number of ether oxygens (including phenoxy) is 1. The Labute approximate surface area is 125 Å². The van der Waals surface area contributed by atoms with Crippen molar-refractivity contribution in [3.63, 3.8) is 0 Å². The van der Waals surface area contributed by atoms with Gasteiger partial charge >= 0.3 is 11.7 Å². The van der Waals surface area contributed by atoms with E-state index in [1.807, 2.05) is 30.3 Å². The number of nitrogens with zero attached hydrogens (tertiary/aromatic N) is 2. The Hall–Kier alpha value is -2.34. The maximum Gasteiger partial charge on any atom is 0.348 e. The standard InChI is InChI=1S/C15H14N2O3S/c1-16-11-5-3-4-6-12(11)17(15(16)19)9-10-7-8-13(21-10)14(18)20-2/h3-8H,9H2,1-2H3. The van der Waals surface area contributed by atoms with Crippen molar-refractivity contribution in [1.82, 2.24) is 9.13 Å². The summed E-state index contributed by atoms with van der Waals surface area (Å²) in [6, 6.07) is 11.2. The highest BCUT2D eigenvalue weighted by Crippen LogP contribution is 2.20. The topological polar surface area (TPSA) is 53.2 Å². The molecule has 5 nitrogen and oxygen atoms in total. The smallest absolute Gasteiger partial charge is 0.348 e. The second-order valence-corrected chi connectivity index (χ2v) is 5.84. The van der Waals surface area contributed by atoms with Gasteiger partial charge in [-0.1, -0.05) is 12.1 Å². The van der Waals surface area contributed by atoms with Crippen LogP contribution in [0.3, 0.4) is 0 Å². The number of aryl methyl sites for hydroxylation is 1. The molecule has 3 aromatic rings. The number of thiophene rings is 1. The Kier molecular flexibility index (Phi) is 3.39. The highest BCUT2D eigenvalue weighted by molar-refractivity contribution is 7.13. The maximum atomic E-state index is 12.3. The lowest BCUT2D eigenvalue weighted by atomic mass is 10.3. The van der Waals surface area contributed by atoms with Crippen LogP contribution in [0.4, 0.5) is 0 Å². The molecule has 0 radical (unpaired) electrons. The first-order valence-corrected chi connectivity index (χ1v) is 7.24. The Morgan fingerprint density at radius 2 is 1.90 bits per heavy atom. The first kappa shape index (κ1) is 13.6. The van der Waals surface area contributed by atoms with Crippen LogP contribution in [-0.4, -0.2) is 22.2 Å². The summed E-state index contributed by atoms with van der Waals surface area (Å²) in [5.74, 6) is -0.350. The minimum absolute atomic E-state index is 0.0655. The molecule has 0 aliphatic heterocycles. The van der Waals surface area contributed by atoms with Crippen molar-refractivity contribution < 1.29 is 9.53 Å². The minimum Gasteiger partial charge on any atom is -0.465 e. The maximum absolute atomic E-state index is 12.3. The van der Waals surface area contributed by atoms with Crippen molar-refractivity contribution in [1.29, 1.82) is 0 Å². The summed E-state index contributed by atoms with van der Waals surface area (Å²) in [5, 5.41) is 0. The predicted molar refractivity (Wildman–Crippen MR) is 81.9 cm³/mol. The Balaban J connectivity index is 2.02. The van der Waals surface area contributed by atoms with Crippen molar-refractivity contribution in [3.8, 4) is 0 Å². The Bertz CT molecular complexity index is 873. The van der Waals surface area contributed by atoms with E-state index in [0.29, 0.717) is 11.4 Å². The predicted octanol–water partition coefficient (Wildman–Crippen LogP) is 2.24. The zero-order valence-electron chi connectivity index (χ0n) is 11.7. The first-order chi connectivity index (χ1) is 10.1. The second kappa shape index (κ2) is 5.21. The Morgan fingerprint density at radius 3 is 2.62 bits per heavy atom. The number of aromatic nitrogens is 2. The number of hydrogen-bond acceptors (Lipinski definition) is 4. The number of benzene rings is 1. The van der Waals surface area contributed by atoms with Crippen LogP contribution in [0, 0.1) is 0 Å². The molecule has 0 spiro atoms. The second-order valence-electron chi connectivity index (χ2n) is 4.67. The van der Waals surface area contributed by atoms with Crippen LogP contribution in [0.2, 0.25) is 0 Å². The third-order valence-electron chi connectivity index (χ3n) is 3.41. The number of carbonyl (C=O) groups excluding carboxylic acids is 1. The van der Waals surface area contributed by atoms with Crippen LogP contribution < -0.4 is 5.69 Å². The highest BCUT2D eigenvalue weighted by Gasteiger charge is 2.13. The molecule has 0 amide bonds. The number of hydrogen-bond donors (Lipinski definition) is 0. The summed E-state index contributed by atoms with van der Waals surface area (Å²) in [7, 11) is 3.12. The number of methoxy groups -OCH3 is 1. The molecule has 0 N–H and O–H groups in total. The highest BCUT2D eigenvalue weighted by atomic mass is 32.1. The third-order valence-corrected chi connectivity index (χ3v) is 4.46. The van der Waals surface area contributed by atoms with Gasteiger partial charge in [0.05, 0.1) is 24.7 Å². The summed E-state index contributed by atoms with van der Waals surface area (Å²) in [4.78, 5) is 25.3. The molecule has 21 heavy (non-hydrogen) atoms. The third kappa shape index (κ3) is 2.27. The van der Waals surface area contributed by atoms with Gasteiger partial charge in [-0.2, -0.15) is 0 Å². The van der Waals surface area contributed by atoms with Gasteiger partial charge in [-0.25, -0.2) is 9.59 Å². The van der Waals surface area contributed by atoms with Crippen LogP contribution in [0.25, 0.3) is 11.0 Å². The number of esters is 1. The van der Waals surface area contributed by atoms with E-state index in [2.05, 4.69) is 0 Å². The summed E-state index contributed by atoms with van der Waals surface area (Å²) < 4.78 is 8.04. The van der Waals surface area contributed by atoms with Gasteiger partial charge in [0.25, 0.3) is 0 Å². The SMILES string of the molecule is COC(=O)c1ccc(Cn2c(=O)n(C)c3ccccc32)s1. The average molecular weight is 302 g/mol. The molecular formula is C15H14N2O3S. The van der Waals surface area contributed by atoms with Crippen molar-refractivity contribution in [2.24, 2.45) is 7.05 Å². The van der Waals surface area contributed by atoms with Crippen molar-refractivity contribution in [2.45, 2.75) is 6.54 Å². The number of imidazole rings is 1. The number of carbonyl (C=O) groups is 1. The van der Waals surface area contributed by atoms with Gasteiger partial charge in [0.2, 0.25) is 0 Å². The molecule has 0 aliphatic rings. The van der Waals surface area contributed by atoms with Crippen LogP contribution in [0.15, 0.2) is 41.2 Å². The zero-order chi connectivity index (χ0) is 15.0. The lowest BCUT2D eigenvalue weighted by Gasteiger charge is -2.00. The molecule has 108 valence electrons. The fraction of sp³-hybridized carbons (Fsp3) is 0.200. The van der Waals surface area contributed by atoms with E-state index in [4.69, 9.17) is 4.74 Å². The van der Waals surface area contributed by atoms with Gasteiger partial charge in [-0.05, 0) is 24.3 Å². The van der Waals surface area contributed by atoms with E-state index < -0.39 is 0 Å². The number of rotatable bonds is 3. The molecule has 0 unspecified atom stereocenters. The fourth-order valence-corrected chi connectivity index (χ4v) is 3.26. The van der Waals surface area contributed by atoms with Crippen LogP contribution >= 0.6 is 11.3 Å². The molecule has 2 heterocycles. The van der Waals surface area contributed by atoms with E-state index in [1.165, 1.54) is 18.4 Å². The normalized spacial score (nSPS) is 11.0. The largest absolute Gasteiger partial charge is 0.465 e. The summed E-state index contributed by atoms with van der Waals surface area (Å²) >= 11 is 1.34. The molecule has 6 heteroatoms. The van der Waals surface area contributed by atoms with Crippen molar-refractivity contribution in [2.75, 3.05) is 7.11 Å². The molecular weight excluding hydrogens is 288 g/mol. The van der Waals surface area contributed by atoms with Gasteiger partial charge in [-0.3, -0.25) is 9.13 Å².